The summed E-state index contributed by atoms with van der Waals surface area (Å²) in [6, 6.07) is 7.01. The van der Waals surface area contributed by atoms with E-state index in [4.69, 9.17) is 0 Å². The number of sulfonamides is 1. The number of alkyl halides is 3. The molecule has 1 aliphatic heterocycles. The summed E-state index contributed by atoms with van der Waals surface area (Å²) in [5, 5.41) is 2.64. The SMILES string of the molecule is O=C(CNS(=O)(=O)c1cccc(C(F)(F)F)c1)NC1CCSc2ccc(F)cc21. The summed E-state index contributed by atoms with van der Waals surface area (Å²) in [7, 11) is -4.32. The highest BCUT2D eigenvalue weighted by Crippen LogP contribution is 2.36. The fourth-order valence-electron chi connectivity index (χ4n) is 2.84. The lowest BCUT2D eigenvalue weighted by atomic mass is 10.0. The highest BCUT2D eigenvalue weighted by Gasteiger charge is 2.32. The molecule has 156 valence electrons. The molecule has 5 nitrogen and oxygen atoms in total. The molecule has 2 N–H and O–H groups in total. The maximum atomic E-state index is 13.5. The second kappa shape index (κ2) is 8.33. The van der Waals surface area contributed by atoms with E-state index in [0.29, 0.717) is 23.8 Å². The zero-order valence-corrected chi connectivity index (χ0v) is 16.4. The molecule has 3 rings (SSSR count). The van der Waals surface area contributed by atoms with Crippen LogP contribution in [-0.4, -0.2) is 26.6 Å². The zero-order chi connectivity index (χ0) is 21.2. The van der Waals surface area contributed by atoms with Gasteiger partial charge >= 0.3 is 6.18 Å². The lowest BCUT2D eigenvalue weighted by Crippen LogP contribution is -2.39. The lowest BCUT2D eigenvalue weighted by molar-refractivity contribution is -0.137. The van der Waals surface area contributed by atoms with E-state index in [0.717, 1.165) is 23.1 Å². The van der Waals surface area contributed by atoms with E-state index >= 15 is 0 Å². The minimum Gasteiger partial charge on any atom is -0.348 e. The van der Waals surface area contributed by atoms with Gasteiger partial charge in [0, 0.05) is 10.6 Å². The van der Waals surface area contributed by atoms with Crippen molar-refractivity contribution < 1.29 is 30.8 Å². The molecule has 29 heavy (non-hydrogen) atoms. The van der Waals surface area contributed by atoms with E-state index < -0.39 is 51.0 Å². The van der Waals surface area contributed by atoms with Crippen molar-refractivity contribution in [3.8, 4) is 0 Å². The molecule has 0 saturated heterocycles. The molecule has 1 heterocycles. The fraction of sp³-hybridized carbons (Fsp3) is 0.278. The van der Waals surface area contributed by atoms with Gasteiger partial charge in [0.05, 0.1) is 23.0 Å². The van der Waals surface area contributed by atoms with E-state index in [9.17, 15) is 30.8 Å². The first-order valence-electron chi connectivity index (χ1n) is 8.45. The quantitative estimate of drug-likeness (QED) is 0.687. The van der Waals surface area contributed by atoms with Gasteiger partial charge in [0.2, 0.25) is 15.9 Å². The molecule has 0 radical (unpaired) electrons. The standard InChI is InChI=1S/C18H16F4N2O3S2/c19-12-4-5-16-14(9-12)15(6-7-28-16)24-17(25)10-23-29(26,27)13-3-1-2-11(8-13)18(20,21)22/h1-5,8-9,15,23H,6-7,10H2,(H,24,25). The highest BCUT2D eigenvalue weighted by atomic mass is 32.2. The third-order valence-corrected chi connectivity index (χ3v) is 6.76. The number of hydrogen-bond donors (Lipinski definition) is 2. The number of amides is 1. The second-order valence-corrected chi connectivity index (χ2v) is 9.19. The van der Waals surface area contributed by atoms with Gasteiger partial charge in [0.15, 0.2) is 0 Å². The Morgan fingerprint density at radius 2 is 1.93 bits per heavy atom. The van der Waals surface area contributed by atoms with Crippen LogP contribution in [0.4, 0.5) is 17.6 Å². The predicted octanol–water partition coefficient (Wildman–Crippen LogP) is 3.48. The number of fused-ring (bicyclic) bond motifs is 1. The largest absolute Gasteiger partial charge is 0.416 e. The summed E-state index contributed by atoms with van der Waals surface area (Å²) >= 11 is 1.53. The van der Waals surface area contributed by atoms with Crippen molar-refractivity contribution in [2.24, 2.45) is 0 Å². The first kappa shape index (κ1) is 21.6. The van der Waals surface area contributed by atoms with Crippen LogP contribution in [0, 0.1) is 5.82 Å². The van der Waals surface area contributed by atoms with Crippen LogP contribution in [0.15, 0.2) is 52.3 Å². The third-order valence-electron chi connectivity index (χ3n) is 4.24. The van der Waals surface area contributed by atoms with Gasteiger partial charge in [-0.15, -0.1) is 11.8 Å². The number of halogens is 4. The van der Waals surface area contributed by atoms with Gasteiger partial charge in [0.25, 0.3) is 0 Å². The van der Waals surface area contributed by atoms with Gasteiger partial charge in [-0.05, 0) is 48.4 Å². The van der Waals surface area contributed by atoms with Gasteiger partial charge in [0.1, 0.15) is 5.82 Å². The first-order chi connectivity index (χ1) is 13.6. The monoisotopic (exact) mass is 448 g/mol. The first-order valence-corrected chi connectivity index (χ1v) is 10.9. The molecule has 0 fully saturated rings. The van der Waals surface area contributed by atoms with Gasteiger partial charge in [-0.25, -0.2) is 17.5 Å². The Labute approximate surface area is 168 Å². The van der Waals surface area contributed by atoms with Crippen molar-refractivity contribution in [1.82, 2.24) is 10.0 Å². The number of carbonyl (C=O) groups is 1. The maximum Gasteiger partial charge on any atom is 0.416 e. The molecule has 0 aliphatic carbocycles. The van der Waals surface area contributed by atoms with Crippen LogP contribution in [0.5, 0.6) is 0 Å². The number of benzene rings is 2. The number of nitrogens with one attached hydrogen (secondary N) is 2. The number of rotatable bonds is 5. The minimum absolute atomic E-state index is 0.448. The van der Waals surface area contributed by atoms with Gasteiger partial charge in [-0.1, -0.05) is 6.07 Å². The molecule has 1 atom stereocenters. The molecular formula is C18H16F4N2O3S2. The normalized spacial score (nSPS) is 16.9. The molecule has 11 heteroatoms. The van der Waals surface area contributed by atoms with E-state index in [-0.39, 0.29) is 0 Å². The summed E-state index contributed by atoms with van der Waals surface area (Å²) in [4.78, 5) is 12.4. The van der Waals surface area contributed by atoms with Crippen molar-refractivity contribution in [3.05, 3.63) is 59.4 Å². The Hall–Kier alpha value is -2.11. The number of thioether (sulfide) groups is 1. The number of hydrogen-bond acceptors (Lipinski definition) is 4. The molecule has 0 saturated carbocycles. The van der Waals surface area contributed by atoms with Crippen LogP contribution < -0.4 is 10.0 Å². The third kappa shape index (κ3) is 5.28. The summed E-state index contributed by atoms with van der Waals surface area (Å²) in [6.45, 7) is -0.660. The molecule has 1 aliphatic rings. The summed E-state index contributed by atoms with van der Waals surface area (Å²) in [5.74, 6) is -0.428. The number of carbonyl (C=O) groups excluding carboxylic acids is 1. The smallest absolute Gasteiger partial charge is 0.348 e. The van der Waals surface area contributed by atoms with Crippen molar-refractivity contribution >= 4 is 27.7 Å². The van der Waals surface area contributed by atoms with Gasteiger partial charge in [-0.3, -0.25) is 4.79 Å². The molecular weight excluding hydrogens is 432 g/mol. The van der Waals surface area contributed by atoms with Crippen LogP contribution in [0.25, 0.3) is 0 Å². The van der Waals surface area contributed by atoms with E-state index in [1.165, 1.54) is 23.9 Å². The van der Waals surface area contributed by atoms with Crippen LogP contribution in [0.1, 0.15) is 23.6 Å². The van der Waals surface area contributed by atoms with Crippen molar-refractivity contribution in [1.29, 1.82) is 0 Å². The average molecular weight is 448 g/mol. The van der Waals surface area contributed by atoms with Crippen molar-refractivity contribution in [3.63, 3.8) is 0 Å². The van der Waals surface area contributed by atoms with Crippen molar-refractivity contribution in [2.75, 3.05) is 12.3 Å². The van der Waals surface area contributed by atoms with Crippen LogP contribution in [0.2, 0.25) is 0 Å². The van der Waals surface area contributed by atoms with Crippen molar-refractivity contribution in [2.45, 2.75) is 28.4 Å². The average Bonchev–Trinajstić information content (AvgIpc) is 2.66. The zero-order valence-electron chi connectivity index (χ0n) is 14.8. The lowest BCUT2D eigenvalue weighted by Gasteiger charge is -2.26. The predicted molar refractivity (Wildman–Crippen MR) is 99.3 cm³/mol. The highest BCUT2D eigenvalue weighted by molar-refractivity contribution is 7.99. The Kier molecular flexibility index (Phi) is 6.20. The second-order valence-electron chi connectivity index (χ2n) is 6.29. The molecule has 1 unspecified atom stereocenters. The van der Waals surface area contributed by atoms with Crippen LogP contribution in [-0.2, 0) is 21.0 Å². The Morgan fingerprint density at radius 1 is 1.17 bits per heavy atom. The van der Waals surface area contributed by atoms with Crippen LogP contribution in [0.3, 0.4) is 0 Å². The Balaban J connectivity index is 1.66. The van der Waals surface area contributed by atoms with E-state index in [1.807, 2.05) is 4.72 Å². The minimum atomic E-state index is -4.69. The Bertz CT molecular complexity index is 1030. The van der Waals surface area contributed by atoms with Crippen LogP contribution >= 0.6 is 11.8 Å². The molecule has 1 amide bonds. The van der Waals surface area contributed by atoms with Gasteiger partial charge < -0.3 is 5.32 Å². The maximum absolute atomic E-state index is 13.5. The molecule has 2 aromatic carbocycles. The van der Waals surface area contributed by atoms with E-state index in [1.54, 1.807) is 6.07 Å². The van der Waals surface area contributed by atoms with E-state index in [2.05, 4.69) is 5.32 Å². The Morgan fingerprint density at radius 3 is 2.66 bits per heavy atom. The van der Waals surface area contributed by atoms with Gasteiger partial charge in [-0.2, -0.15) is 13.2 Å². The summed E-state index contributed by atoms with van der Waals surface area (Å²) < 4.78 is 78.3. The molecule has 2 aromatic rings. The molecule has 0 bridgehead atoms. The summed E-state index contributed by atoms with van der Waals surface area (Å²) in [5.41, 5.74) is -0.501. The molecule has 0 aromatic heterocycles. The summed E-state index contributed by atoms with van der Waals surface area (Å²) in [6.07, 6.45) is -4.15. The molecule has 0 spiro atoms. The topological polar surface area (TPSA) is 75.3 Å². The fourth-order valence-corrected chi connectivity index (χ4v) is 4.98.